The predicted molar refractivity (Wildman–Crippen MR) is 78.7 cm³/mol. The number of fused-ring (bicyclic) bond motifs is 1. The van der Waals surface area contributed by atoms with Crippen molar-refractivity contribution < 1.29 is 18.7 Å². The topological polar surface area (TPSA) is 51.9 Å². The van der Waals surface area contributed by atoms with E-state index in [2.05, 4.69) is 0 Å². The van der Waals surface area contributed by atoms with E-state index < -0.39 is 0 Å². The van der Waals surface area contributed by atoms with Crippen LogP contribution in [0.25, 0.3) is 11.0 Å². The van der Waals surface area contributed by atoms with Crippen LogP contribution >= 0.6 is 0 Å². The zero-order chi connectivity index (χ0) is 14.8. The van der Waals surface area contributed by atoms with E-state index in [1.54, 1.807) is 20.3 Å². The molecule has 0 N–H and O–H groups in total. The molecule has 21 heavy (non-hydrogen) atoms. The first-order valence-electron chi connectivity index (χ1n) is 7.11. The van der Waals surface area contributed by atoms with E-state index in [0.29, 0.717) is 30.2 Å². The third-order valence-electron chi connectivity index (χ3n) is 4.00. The normalized spacial score (nSPS) is 16.4. The molecule has 0 unspecified atom stereocenters. The fourth-order valence-electron chi connectivity index (χ4n) is 2.75. The molecule has 5 heteroatoms. The number of amides is 1. The van der Waals surface area contributed by atoms with Gasteiger partial charge in [-0.05, 0) is 25.0 Å². The van der Waals surface area contributed by atoms with Crippen molar-refractivity contribution in [3.05, 3.63) is 30.0 Å². The van der Waals surface area contributed by atoms with Gasteiger partial charge in [-0.2, -0.15) is 0 Å². The van der Waals surface area contributed by atoms with Gasteiger partial charge in [-0.3, -0.25) is 4.79 Å². The number of hydrogen-bond donors (Lipinski definition) is 0. The molecule has 5 nitrogen and oxygen atoms in total. The zero-order valence-corrected chi connectivity index (χ0v) is 12.3. The Kier molecular flexibility index (Phi) is 3.84. The number of piperidine rings is 1. The van der Waals surface area contributed by atoms with E-state index in [-0.39, 0.29) is 12.0 Å². The molecule has 1 aliphatic heterocycles. The van der Waals surface area contributed by atoms with E-state index in [9.17, 15) is 4.79 Å². The SMILES string of the molecule is COc1cccc2cc(C(=O)N3CCC(OC)CC3)oc12. The molecule has 1 aromatic heterocycles. The molecule has 1 fully saturated rings. The minimum absolute atomic E-state index is 0.0668. The molecule has 2 aromatic rings. The van der Waals surface area contributed by atoms with Crippen LogP contribution in [0.4, 0.5) is 0 Å². The van der Waals surface area contributed by atoms with Crippen molar-refractivity contribution in [3.8, 4) is 5.75 Å². The Hall–Kier alpha value is -2.01. The van der Waals surface area contributed by atoms with E-state index in [1.165, 1.54) is 0 Å². The monoisotopic (exact) mass is 289 g/mol. The van der Waals surface area contributed by atoms with Gasteiger partial charge in [0.1, 0.15) is 0 Å². The number of benzene rings is 1. The summed E-state index contributed by atoms with van der Waals surface area (Å²) >= 11 is 0. The second kappa shape index (κ2) is 5.77. The number of carbonyl (C=O) groups is 1. The first kappa shape index (κ1) is 13.9. The van der Waals surface area contributed by atoms with Gasteiger partial charge in [0.15, 0.2) is 17.1 Å². The molecule has 0 saturated carbocycles. The fourth-order valence-corrected chi connectivity index (χ4v) is 2.75. The van der Waals surface area contributed by atoms with Gasteiger partial charge in [0.2, 0.25) is 0 Å². The van der Waals surface area contributed by atoms with E-state index in [1.807, 2.05) is 23.1 Å². The number of likely N-dealkylation sites (tertiary alicyclic amines) is 1. The van der Waals surface area contributed by atoms with Crippen molar-refractivity contribution in [2.24, 2.45) is 0 Å². The van der Waals surface area contributed by atoms with Crippen LogP contribution in [0.3, 0.4) is 0 Å². The summed E-state index contributed by atoms with van der Waals surface area (Å²) in [4.78, 5) is 14.3. The maximum Gasteiger partial charge on any atom is 0.289 e. The summed E-state index contributed by atoms with van der Waals surface area (Å²) in [5.74, 6) is 0.942. The number of carbonyl (C=O) groups excluding carboxylic acids is 1. The maximum absolute atomic E-state index is 12.5. The number of hydrogen-bond acceptors (Lipinski definition) is 4. The number of methoxy groups -OCH3 is 2. The highest BCUT2D eigenvalue weighted by molar-refractivity contribution is 5.97. The Morgan fingerprint density at radius 1 is 1.29 bits per heavy atom. The van der Waals surface area contributed by atoms with Crippen molar-refractivity contribution in [3.63, 3.8) is 0 Å². The molecular weight excluding hydrogens is 270 g/mol. The number of ether oxygens (including phenoxy) is 2. The number of nitrogens with zero attached hydrogens (tertiary/aromatic N) is 1. The van der Waals surface area contributed by atoms with Crippen molar-refractivity contribution in [1.29, 1.82) is 0 Å². The minimum Gasteiger partial charge on any atom is -0.493 e. The van der Waals surface area contributed by atoms with Gasteiger partial charge in [-0.25, -0.2) is 0 Å². The summed E-state index contributed by atoms with van der Waals surface area (Å²) in [6, 6.07) is 7.40. The molecule has 0 bridgehead atoms. The highest BCUT2D eigenvalue weighted by Crippen LogP contribution is 2.29. The van der Waals surface area contributed by atoms with Crippen molar-refractivity contribution >= 4 is 16.9 Å². The lowest BCUT2D eigenvalue weighted by molar-refractivity contribution is 0.0335. The highest BCUT2D eigenvalue weighted by Gasteiger charge is 2.25. The van der Waals surface area contributed by atoms with Crippen LogP contribution in [0.2, 0.25) is 0 Å². The molecular formula is C16H19NO4. The van der Waals surface area contributed by atoms with Gasteiger partial charge >= 0.3 is 0 Å². The van der Waals surface area contributed by atoms with Gasteiger partial charge < -0.3 is 18.8 Å². The van der Waals surface area contributed by atoms with Crippen LogP contribution in [0.1, 0.15) is 23.4 Å². The third kappa shape index (κ3) is 2.61. The molecule has 1 saturated heterocycles. The quantitative estimate of drug-likeness (QED) is 0.871. The first-order valence-corrected chi connectivity index (χ1v) is 7.11. The Labute approximate surface area is 123 Å². The lowest BCUT2D eigenvalue weighted by atomic mass is 10.1. The number of rotatable bonds is 3. The van der Waals surface area contributed by atoms with Gasteiger partial charge in [0.05, 0.1) is 13.2 Å². The maximum atomic E-state index is 12.5. The minimum atomic E-state index is -0.0668. The largest absolute Gasteiger partial charge is 0.493 e. The summed E-state index contributed by atoms with van der Waals surface area (Å²) in [7, 11) is 3.31. The van der Waals surface area contributed by atoms with Gasteiger partial charge in [-0.1, -0.05) is 12.1 Å². The molecule has 1 amide bonds. The Balaban J connectivity index is 1.82. The lowest BCUT2D eigenvalue weighted by Crippen LogP contribution is -2.40. The van der Waals surface area contributed by atoms with Crippen molar-refractivity contribution in [1.82, 2.24) is 4.90 Å². The Morgan fingerprint density at radius 3 is 2.71 bits per heavy atom. The third-order valence-corrected chi connectivity index (χ3v) is 4.00. The highest BCUT2D eigenvalue weighted by atomic mass is 16.5. The predicted octanol–water partition coefficient (Wildman–Crippen LogP) is 2.69. The molecule has 0 radical (unpaired) electrons. The van der Waals surface area contributed by atoms with Crippen LogP contribution in [-0.2, 0) is 4.74 Å². The number of para-hydroxylation sites is 1. The van der Waals surface area contributed by atoms with Gasteiger partial charge in [0, 0.05) is 25.6 Å². The summed E-state index contributed by atoms with van der Waals surface area (Å²) in [5.41, 5.74) is 0.620. The Bertz CT molecular complexity index is 641. The second-order valence-corrected chi connectivity index (χ2v) is 5.22. The van der Waals surface area contributed by atoms with Gasteiger partial charge in [-0.15, -0.1) is 0 Å². The first-order chi connectivity index (χ1) is 10.2. The number of furan rings is 1. The summed E-state index contributed by atoms with van der Waals surface area (Å²) in [6.45, 7) is 1.40. The van der Waals surface area contributed by atoms with Gasteiger partial charge in [0.25, 0.3) is 5.91 Å². The van der Waals surface area contributed by atoms with E-state index in [0.717, 1.165) is 18.2 Å². The Morgan fingerprint density at radius 2 is 2.05 bits per heavy atom. The molecule has 3 rings (SSSR count). The lowest BCUT2D eigenvalue weighted by Gasteiger charge is -2.30. The van der Waals surface area contributed by atoms with Crippen molar-refractivity contribution in [2.75, 3.05) is 27.3 Å². The molecule has 1 aromatic carbocycles. The smallest absolute Gasteiger partial charge is 0.289 e. The summed E-state index contributed by atoms with van der Waals surface area (Å²) in [6.07, 6.45) is 1.99. The molecule has 2 heterocycles. The molecule has 0 spiro atoms. The molecule has 0 aliphatic carbocycles. The molecule has 112 valence electrons. The molecule has 0 atom stereocenters. The summed E-state index contributed by atoms with van der Waals surface area (Å²) < 4.78 is 16.3. The fraction of sp³-hybridized carbons (Fsp3) is 0.438. The second-order valence-electron chi connectivity index (χ2n) is 5.22. The summed E-state index contributed by atoms with van der Waals surface area (Å²) in [5, 5.41) is 0.879. The van der Waals surface area contributed by atoms with Crippen LogP contribution in [0.15, 0.2) is 28.7 Å². The average Bonchev–Trinajstić information content (AvgIpc) is 2.98. The van der Waals surface area contributed by atoms with Crippen LogP contribution in [0, 0.1) is 0 Å². The van der Waals surface area contributed by atoms with Crippen LogP contribution in [0.5, 0.6) is 5.75 Å². The average molecular weight is 289 g/mol. The standard InChI is InChI=1S/C16H19NO4/c1-19-12-6-8-17(9-7-12)16(18)14-10-11-4-3-5-13(20-2)15(11)21-14/h3-5,10,12H,6-9H2,1-2H3. The van der Waals surface area contributed by atoms with Crippen LogP contribution < -0.4 is 4.74 Å². The zero-order valence-electron chi connectivity index (χ0n) is 12.3. The van der Waals surface area contributed by atoms with Crippen molar-refractivity contribution in [2.45, 2.75) is 18.9 Å². The molecule has 1 aliphatic rings. The van der Waals surface area contributed by atoms with E-state index in [4.69, 9.17) is 13.9 Å². The van der Waals surface area contributed by atoms with Crippen LogP contribution in [-0.4, -0.2) is 44.2 Å². The van der Waals surface area contributed by atoms with E-state index >= 15 is 0 Å².